The lowest BCUT2D eigenvalue weighted by molar-refractivity contribution is -0.150. The minimum absolute atomic E-state index is 0.0177. The Morgan fingerprint density at radius 2 is 1.71 bits per heavy atom. The maximum absolute atomic E-state index is 13.0. The van der Waals surface area contributed by atoms with E-state index in [-0.39, 0.29) is 51.4 Å². The molecular weight excluding hydrogens is 436 g/mol. The predicted octanol–water partition coefficient (Wildman–Crippen LogP) is 6.81. The quantitative estimate of drug-likeness (QED) is 0.255. The van der Waals surface area contributed by atoms with Crippen LogP contribution in [0.5, 0.6) is 0 Å². The summed E-state index contributed by atoms with van der Waals surface area (Å²) in [6.45, 7) is 17.5. The highest BCUT2D eigenvalue weighted by atomic mass is 16.5. The van der Waals surface area contributed by atoms with E-state index < -0.39 is 0 Å². The molecule has 0 aromatic heterocycles. The van der Waals surface area contributed by atoms with Crippen LogP contribution in [0.3, 0.4) is 0 Å². The summed E-state index contributed by atoms with van der Waals surface area (Å²) >= 11 is 0. The summed E-state index contributed by atoms with van der Waals surface area (Å²) in [7, 11) is 1.48. The van der Waals surface area contributed by atoms with Gasteiger partial charge in [0.1, 0.15) is 0 Å². The van der Waals surface area contributed by atoms with Crippen LogP contribution in [0.4, 0.5) is 0 Å². The highest BCUT2D eigenvalue weighted by molar-refractivity contribution is 5.94. The Bertz CT molecular complexity index is 944. The monoisotopic (exact) mass is 484 g/mol. The summed E-state index contributed by atoms with van der Waals surface area (Å²) in [5.41, 5.74) is 4.11. The second-order valence-electron chi connectivity index (χ2n) is 13.6. The molecule has 0 saturated heterocycles. The fraction of sp³-hybridized carbons (Fsp3) is 0.806. The van der Waals surface area contributed by atoms with Crippen molar-refractivity contribution in [3.8, 4) is 0 Å². The van der Waals surface area contributed by atoms with Gasteiger partial charge < -0.3 is 9.84 Å². The molecule has 2 fully saturated rings. The topological polar surface area (TPSA) is 63.6 Å². The maximum Gasteiger partial charge on any atom is 0.308 e. The molecule has 7 atom stereocenters. The van der Waals surface area contributed by atoms with Crippen molar-refractivity contribution in [1.29, 1.82) is 0 Å². The zero-order valence-electron chi connectivity index (χ0n) is 23.3. The van der Waals surface area contributed by atoms with Gasteiger partial charge in [-0.1, -0.05) is 52.3 Å². The molecule has 0 heterocycles. The number of ketones is 1. The van der Waals surface area contributed by atoms with Gasteiger partial charge >= 0.3 is 5.97 Å². The van der Waals surface area contributed by atoms with Gasteiger partial charge in [-0.25, -0.2) is 0 Å². The van der Waals surface area contributed by atoms with Crippen molar-refractivity contribution in [2.75, 3.05) is 7.11 Å². The van der Waals surface area contributed by atoms with E-state index in [0.717, 1.165) is 51.4 Å². The second-order valence-corrected chi connectivity index (χ2v) is 13.6. The highest BCUT2D eigenvalue weighted by Gasteiger charge is 2.64. The number of allylic oxidation sites excluding steroid dienone is 3. The molecule has 4 rings (SSSR count). The molecule has 4 heteroatoms. The molecule has 1 N–H and O–H groups in total. The van der Waals surface area contributed by atoms with Crippen LogP contribution < -0.4 is 0 Å². The van der Waals surface area contributed by atoms with Gasteiger partial charge in [0.2, 0.25) is 0 Å². The number of ether oxygens (including phenoxy) is 1. The smallest absolute Gasteiger partial charge is 0.308 e. The van der Waals surface area contributed by atoms with Gasteiger partial charge in [-0.15, -0.1) is 0 Å². The zero-order valence-corrected chi connectivity index (χ0v) is 23.3. The van der Waals surface area contributed by atoms with Crippen molar-refractivity contribution in [2.45, 2.75) is 112 Å². The molecule has 0 unspecified atom stereocenters. The first-order chi connectivity index (χ1) is 16.2. The number of Topliss-reactive ketones (excluding diaryl/α,β-unsaturated/α-hetero) is 1. The minimum atomic E-state index is -0.243. The Kier molecular flexibility index (Phi) is 6.74. The van der Waals surface area contributed by atoms with E-state index in [1.165, 1.54) is 7.11 Å². The average Bonchev–Trinajstić information content (AvgIpc) is 3.08. The van der Waals surface area contributed by atoms with Crippen LogP contribution in [0.1, 0.15) is 106 Å². The summed E-state index contributed by atoms with van der Waals surface area (Å²) in [6, 6.07) is 0. The number of hydrogen-bond donors (Lipinski definition) is 1. The van der Waals surface area contributed by atoms with E-state index in [1.807, 2.05) is 0 Å². The van der Waals surface area contributed by atoms with E-state index in [4.69, 9.17) is 4.74 Å². The molecule has 0 spiro atoms. The van der Waals surface area contributed by atoms with Gasteiger partial charge in [-0.05, 0) is 104 Å². The number of methoxy groups -OCH3 is 1. The molecule has 2 saturated carbocycles. The molecule has 0 aromatic rings. The Labute approximate surface area is 213 Å². The first-order valence-electron chi connectivity index (χ1n) is 13.9. The molecule has 0 aromatic carbocycles. The average molecular weight is 485 g/mol. The van der Waals surface area contributed by atoms with Crippen molar-refractivity contribution in [3.63, 3.8) is 0 Å². The summed E-state index contributed by atoms with van der Waals surface area (Å²) in [5.74, 6) is 0.383. The Balaban J connectivity index is 1.69. The van der Waals surface area contributed by atoms with Gasteiger partial charge in [0, 0.05) is 6.42 Å². The number of aliphatic hydroxyl groups excluding tert-OH is 1. The second kappa shape index (κ2) is 8.85. The third kappa shape index (κ3) is 3.80. The van der Waals surface area contributed by atoms with Gasteiger partial charge in [0.25, 0.3) is 0 Å². The van der Waals surface area contributed by atoms with Crippen LogP contribution in [0.15, 0.2) is 23.3 Å². The number of hydrogen-bond acceptors (Lipinski definition) is 4. The zero-order chi connectivity index (χ0) is 26.0. The van der Waals surface area contributed by atoms with Crippen LogP contribution >= 0.6 is 0 Å². The van der Waals surface area contributed by atoms with Crippen molar-refractivity contribution in [2.24, 2.45) is 39.4 Å². The van der Waals surface area contributed by atoms with Crippen LogP contribution in [0.2, 0.25) is 0 Å². The third-order valence-corrected chi connectivity index (χ3v) is 11.9. The number of rotatable bonds is 6. The van der Waals surface area contributed by atoms with Gasteiger partial charge in [-0.2, -0.15) is 0 Å². The number of carbonyl (C=O) groups is 2. The van der Waals surface area contributed by atoms with Crippen LogP contribution in [-0.4, -0.2) is 30.1 Å². The highest BCUT2D eigenvalue weighted by Crippen LogP contribution is 2.72. The van der Waals surface area contributed by atoms with E-state index >= 15 is 0 Å². The van der Waals surface area contributed by atoms with E-state index in [0.29, 0.717) is 24.3 Å². The number of esters is 1. The summed E-state index contributed by atoms with van der Waals surface area (Å²) < 4.78 is 5.29. The van der Waals surface area contributed by atoms with Crippen molar-refractivity contribution in [1.82, 2.24) is 0 Å². The summed E-state index contributed by atoms with van der Waals surface area (Å²) in [6.07, 6.45) is 9.19. The molecule has 4 nitrogen and oxygen atoms in total. The molecule has 0 bridgehead atoms. The lowest BCUT2D eigenvalue weighted by Crippen LogP contribution is -2.55. The fourth-order valence-electron chi connectivity index (χ4n) is 9.50. The number of aliphatic hydroxyl groups is 1. The maximum atomic E-state index is 13.0. The lowest BCUT2D eigenvalue weighted by atomic mass is 9.43. The van der Waals surface area contributed by atoms with Gasteiger partial charge in [-0.3, -0.25) is 9.59 Å². The molecular formula is C31H48O4. The van der Waals surface area contributed by atoms with E-state index in [2.05, 4.69) is 41.2 Å². The number of carbonyl (C=O) groups excluding carboxylic acids is 2. The molecule has 0 amide bonds. The molecule has 0 aliphatic heterocycles. The predicted molar refractivity (Wildman–Crippen MR) is 140 cm³/mol. The van der Waals surface area contributed by atoms with Crippen molar-refractivity contribution >= 4 is 11.8 Å². The number of fused-ring (bicyclic) bond motifs is 4. The largest absolute Gasteiger partial charge is 0.469 e. The third-order valence-electron chi connectivity index (χ3n) is 11.9. The van der Waals surface area contributed by atoms with Crippen LogP contribution in [0.25, 0.3) is 0 Å². The molecule has 35 heavy (non-hydrogen) atoms. The van der Waals surface area contributed by atoms with Crippen molar-refractivity contribution < 1.29 is 19.4 Å². The standard InChI is InChI=1S/C31H48O4/c1-19(2)24(32)11-9-20(27(34)35-8)21-13-17-31(7)23-10-12-25-28(3,4)26(33)15-16-29(25,5)22(23)14-18-30(21,31)6/h20-21,25-26,33H,1,9-18H2,2-8H3/t20-,21-,25-,26+,29+,30-,31+/m0/s1. The summed E-state index contributed by atoms with van der Waals surface area (Å²) in [5, 5.41) is 10.8. The first-order valence-corrected chi connectivity index (χ1v) is 13.9. The van der Waals surface area contributed by atoms with Gasteiger partial charge in [0.15, 0.2) is 5.78 Å². The van der Waals surface area contributed by atoms with Crippen molar-refractivity contribution in [3.05, 3.63) is 23.3 Å². The van der Waals surface area contributed by atoms with Gasteiger partial charge in [0.05, 0.1) is 19.1 Å². The molecule has 4 aliphatic carbocycles. The molecule has 4 aliphatic rings. The Morgan fingerprint density at radius 3 is 2.34 bits per heavy atom. The Morgan fingerprint density at radius 1 is 1.03 bits per heavy atom. The molecule has 0 radical (unpaired) electrons. The SMILES string of the molecule is C=C(C)C(=O)CC[C@H](C(=O)OC)[C@@H]1CC[C@]2(C)C3=C(CC[C@@]12C)[C@@]1(C)CC[C@@H](O)C(C)(C)[C@@H]1CC3. The van der Waals surface area contributed by atoms with Crippen LogP contribution in [-0.2, 0) is 14.3 Å². The van der Waals surface area contributed by atoms with Crippen LogP contribution in [0, 0.1) is 39.4 Å². The Hall–Kier alpha value is -1.42. The normalized spacial score (nSPS) is 40.9. The first kappa shape index (κ1) is 26.6. The molecule has 196 valence electrons. The lowest BCUT2D eigenvalue weighted by Gasteiger charge is -2.62. The summed E-state index contributed by atoms with van der Waals surface area (Å²) in [4.78, 5) is 25.4. The fourth-order valence-corrected chi connectivity index (χ4v) is 9.50. The van der Waals surface area contributed by atoms with E-state index in [9.17, 15) is 14.7 Å². The van der Waals surface area contributed by atoms with E-state index in [1.54, 1.807) is 18.1 Å². The minimum Gasteiger partial charge on any atom is -0.469 e.